The van der Waals surface area contributed by atoms with Crippen LogP contribution in [-0.4, -0.2) is 46.3 Å². The van der Waals surface area contributed by atoms with E-state index in [9.17, 15) is 9.90 Å². The van der Waals surface area contributed by atoms with Crippen molar-refractivity contribution < 1.29 is 19.4 Å². The summed E-state index contributed by atoms with van der Waals surface area (Å²) in [6.45, 7) is 10.3. The molecule has 3 atom stereocenters. The lowest BCUT2D eigenvalue weighted by molar-refractivity contribution is -0.126. The van der Waals surface area contributed by atoms with Crippen molar-refractivity contribution in [1.29, 1.82) is 0 Å². The van der Waals surface area contributed by atoms with Gasteiger partial charge in [-0.2, -0.15) is 0 Å². The molecule has 0 spiro atoms. The Labute approximate surface area is 171 Å². The normalized spacial score (nSPS) is 27.9. The molecule has 0 saturated heterocycles. The molecule has 2 unspecified atom stereocenters. The maximum Gasteiger partial charge on any atom is 0.249 e. The third-order valence-electron chi connectivity index (χ3n) is 4.95. The van der Waals surface area contributed by atoms with Gasteiger partial charge in [0.25, 0.3) is 0 Å². The molecule has 3 rings (SSSR count). The summed E-state index contributed by atoms with van der Waals surface area (Å²) in [5.74, 6) is 2.17. The number of thioether (sulfide) groups is 1. The van der Waals surface area contributed by atoms with E-state index in [1.165, 1.54) is 12.8 Å². The second kappa shape index (κ2) is 8.74. The minimum absolute atomic E-state index is 0.149. The van der Waals surface area contributed by atoms with E-state index in [0.29, 0.717) is 36.2 Å². The number of hydrogen-bond donors (Lipinski definition) is 2. The van der Waals surface area contributed by atoms with Crippen LogP contribution in [-0.2, 0) is 14.3 Å². The van der Waals surface area contributed by atoms with E-state index in [1.54, 1.807) is 23.9 Å². The number of nitrogens with zero attached hydrogens (tertiary/aromatic N) is 1. The smallest absolute Gasteiger partial charge is 0.249 e. The van der Waals surface area contributed by atoms with Crippen molar-refractivity contribution >= 4 is 22.7 Å². The van der Waals surface area contributed by atoms with E-state index in [1.807, 2.05) is 20.8 Å². The van der Waals surface area contributed by atoms with Gasteiger partial charge in [0.2, 0.25) is 12.2 Å². The molecule has 1 fully saturated rings. The summed E-state index contributed by atoms with van der Waals surface area (Å²) in [7, 11) is 0. The van der Waals surface area contributed by atoms with Gasteiger partial charge in [-0.05, 0) is 44.6 Å². The number of aliphatic imine (C=N–C) groups is 1. The molecule has 0 aromatic heterocycles. The number of ether oxygens (including phenoxy) is 2. The van der Waals surface area contributed by atoms with Gasteiger partial charge in [-0.15, -0.1) is 11.8 Å². The van der Waals surface area contributed by atoms with Gasteiger partial charge in [0, 0.05) is 17.9 Å². The van der Waals surface area contributed by atoms with Crippen LogP contribution in [0.15, 0.2) is 40.8 Å². The van der Waals surface area contributed by atoms with Crippen molar-refractivity contribution in [2.24, 2.45) is 10.9 Å². The van der Waals surface area contributed by atoms with Crippen LogP contribution < -0.4 is 5.32 Å². The van der Waals surface area contributed by atoms with Crippen molar-refractivity contribution in [2.75, 3.05) is 12.4 Å². The number of carbonyl (C=O) groups is 1. The zero-order valence-electron chi connectivity index (χ0n) is 16.9. The molecule has 2 N–H and O–H groups in total. The molecule has 0 aromatic carbocycles. The first-order valence-electron chi connectivity index (χ1n) is 9.91. The Balaban J connectivity index is 1.70. The average Bonchev–Trinajstić information content (AvgIpc) is 3.38. The first-order valence-corrected chi connectivity index (χ1v) is 10.9. The summed E-state index contributed by atoms with van der Waals surface area (Å²) in [6.07, 6.45) is 6.20. The summed E-state index contributed by atoms with van der Waals surface area (Å²) in [5, 5.41) is 14.0. The molecule has 0 radical (unpaired) electrons. The summed E-state index contributed by atoms with van der Waals surface area (Å²) in [6, 6.07) is -0.341. The van der Waals surface area contributed by atoms with Crippen LogP contribution in [0.4, 0.5) is 0 Å². The van der Waals surface area contributed by atoms with Crippen LogP contribution >= 0.6 is 11.8 Å². The molecule has 28 heavy (non-hydrogen) atoms. The fourth-order valence-electron chi connectivity index (χ4n) is 3.03. The first-order chi connectivity index (χ1) is 13.3. The Kier molecular flexibility index (Phi) is 6.55. The quantitative estimate of drug-likeness (QED) is 0.614. The van der Waals surface area contributed by atoms with Crippen LogP contribution in [0, 0.1) is 5.92 Å². The van der Waals surface area contributed by atoms with Crippen molar-refractivity contribution in [2.45, 2.75) is 64.3 Å². The largest absolute Gasteiger partial charge is 0.493 e. The number of aliphatic hydroxyl groups excluding tert-OH is 1. The molecule has 0 aromatic rings. The number of nitrogens with one attached hydrogen (secondary N) is 1. The lowest BCUT2D eigenvalue weighted by atomic mass is 10.0. The fourth-order valence-corrected chi connectivity index (χ4v) is 4.15. The number of amides is 1. The molecular weight excluding hydrogens is 376 g/mol. The molecule has 2 aliphatic heterocycles. The van der Waals surface area contributed by atoms with E-state index < -0.39 is 11.8 Å². The van der Waals surface area contributed by atoms with Gasteiger partial charge in [0.1, 0.15) is 17.1 Å². The number of carbonyl (C=O) groups excluding carboxylic acids is 1. The van der Waals surface area contributed by atoms with Crippen molar-refractivity contribution in [3.8, 4) is 0 Å². The molecule has 2 heterocycles. The maximum absolute atomic E-state index is 13.0. The van der Waals surface area contributed by atoms with Gasteiger partial charge < -0.3 is 19.9 Å². The lowest BCUT2D eigenvalue weighted by Gasteiger charge is -2.29. The van der Waals surface area contributed by atoms with Crippen LogP contribution in [0.1, 0.15) is 46.5 Å². The van der Waals surface area contributed by atoms with E-state index in [0.717, 1.165) is 17.0 Å². The summed E-state index contributed by atoms with van der Waals surface area (Å²) in [4.78, 5) is 17.6. The zero-order valence-corrected chi connectivity index (χ0v) is 17.7. The molecule has 1 saturated carbocycles. The Morgan fingerprint density at radius 3 is 2.93 bits per heavy atom. The monoisotopic (exact) mass is 406 g/mol. The highest BCUT2D eigenvalue weighted by molar-refractivity contribution is 8.14. The van der Waals surface area contributed by atoms with E-state index in [2.05, 4.69) is 16.9 Å². The molecule has 154 valence electrons. The second-order valence-corrected chi connectivity index (χ2v) is 8.92. The number of rotatable bonds is 9. The van der Waals surface area contributed by atoms with E-state index >= 15 is 0 Å². The average molecular weight is 407 g/mol. The van der Waals surface area contributed by atoms with Gasteiger partial charge >= 0.3 is 0 Å². The van der Waals surface area contributed by atoms with Crippen molar-refractivity contribution in [1.82, 2.24) is 5.32 Å². The molecule has 0 bridgehead atoms. The van der Waals surface area contributed by atoms with Crippen molar-refractivity contribution in [3.05, 3.63) is 35.8 Å². The predicted octanol–water partition coefficient (Wildman–Crippen LogP) is 3.29. The molecular formula is C21H30N2O4S. The topological polar surface area (TPSA) is 80.2 Å². The van der Waals surface area contributed by atoms with Crippen LogP contribution in [0.25, 0.3) is 0 Å². The predicted molar refractivity (Wildman–Crippen MR) is 112 cm³/mol. The van der Waals surface area contributed by atoms with Crippen LogP contribution in [0.5, 0.6) is 0 Å². The van der Waals surface area contributed by atoms with Gasteiger partial charge in [-0.1, -0.05) is 19.9 Å². The van der Waals surface area contributed by atoms with Crippen molar-refractivity contribution in [3.63, 3.8) is 0 Å². The molecule has 3 aliphatic rings. The number of aliphatic hydroxyl groups is 1. The van der Waals surface area contributed by atoms with Crippen LogP contribution in [0.2, 0.25) is 0 Å². The van der Waals surface area contributed by atoms with E-state index in [-0.39, 0.29) is 11.9 Å². The number of hydrogen-bond acceptors (Lipinski definition) is 6. The van der Waals surface area contributed by atoms with Gasteiger partial charge in [-0.3, -0.25) is 9.79 Å². The first kappa shape index (κ1) is 21.0. The zero-order chi connectivity index (χ0) is 20.3. The van der Waals surface area contributed by atoms with Gasteiger partial charge in [0.15, 0.2) is 0 Å². The third kappa shape index (κ3) is 5.20. The van der Waals surface area contributed by atoms with Gasteiger partial charge in [-0.25, -0.2) is 0 Å². The summed E-state index contributed by atoms with van der Waals surface area (Å²) < 4.78 is 11.4. The summed E-state index contributed by atoms with van der Waals surface area (Å²) in [5.41, 5.74) is 0.0376. The Morgan fingerprint density at radius 2 is 2.32 bits per heavy atom. The standard InChI is InChI=1S/C21H30N2O4S/c1-5-6-16(22-20(25)21(4)12-28-19(23-21)13(2)3)17-9-15(10-18(24)27-17)26-11-14-7-8-14/h9-10,14,16,18,24H,2,5-8,11-12H2,1,3-4H3,(H,22,25)/t16-,18?,21?/m1/s1. The Morgan fingerprint density at radius 1 is 1.57 bits per heavy atom. The SMILES string of the molecule is C=C(C)C1=NC(C)(C(=O)N[C@H](CCC)C2=CC(OCC3CC3)=CC(O)O2)CS1. The van der Waals surface area contributed by atoms with Crippen LogP contribution in [0.3, 0.4) is 0 Å². The third-order valence-corrected chi connectivity index (χ3v) is 6.37. The Hall–Kier alpha value is -1.73. The minimum Gasteiger partial charge on any atom is -0.493 e. The Bertz CT molecular complexity index is 726. The summed E-state index contributed by atoms with van der Waals surface area (Å²) >= 11 is 1.55. The molecule has 1 aliphatic carbocycles. The second-order valence-electron chi connectivity index (χ2n) is 7.95. The van der Waals surface area contributed by atoms with Gasteiger partial charge in [0.05, 0.1) is 17.7 Å². The highest BCUT2D eigenvalue weighted by atomic mass is 32.2. The number of allylic oxidation sites excluding steroid dienone is 1. The maximum atomic E-state index is 13.0. The molecule has 6 nitrogen and oxygen atoms in total. The van der Waals surface area contributed by atoms with E-state index in [4.69, 9.17) is 9.47 Å². The molecule has 1 amide bonds. The minimum atomic E-state index is -1.07. The fraction of sp³-hybridized carbons (Fsp3) is 0.619. The lowest BCUT2D eigenvalue weighted by Crippen LogP contribution is -2.49. The molecule has 7 heteroatoms. The highest BCUT2D eigenvalue weighted by Crippen LogP contribution is 2.32. The highest BCUT2D eigenvalue weighted by Gasteiger charge is 2.40.